The SMILES string of the molecule is CCOc1ccc(C(C)NC(=O)C2CCN(Cc3nc(-c4cccc(Br)c4)no3)CC2)cc1OCC. The van der Waals surface area contributed by atoms with Gasteiger partial charge < -0.3 is 19.3 Å². The number of aromatic nitrogens is 2. The van der Waals surface area contributed by atoms with Crippen molar-refractivity contribution in [2.75, 3.05) is 26.3 Å². The van der Waals surface area contributed by atoms with Crippen molar-refractivity contribution in [1.29, 1.82) is 0 Å². The van der Waals surface area contributed by atoms with Crippen LogP contribution in [0.25, 0.3) is 11.4 Å². The monoisotopic (exact) mass is 556 g/mol. The molecule has 1 fully saturated rings. The highest BCUT2D eigenvalue weighted by atomic mass is 79.9. The van der Waals surface area contributed by atoms with Crippen molar-refractivity contribution in [3.8, 4) is 22.9 Å². The maximum Gasteiger partial charge on any atom is 0.241 e. The minimum absolute atomic E-state index is 0.0160. The van der Waals surface area contributed by atoms with E-state index in [4.69, 9.17) is 14.0 Å². The Morgan fingerprint density at radius 3 is 2.61 bits per heavy atom. The summed E-state index contributed by atoms with van der Waals surface area (Å²) in [6.07, 6.45) is 1.58. The second-order valence-electron chi connectivity index (χ2n) is 8.87. The van der Waals surface area contributed by atoms with Crippen LogP contribution in [0.1, 0.15) is 51.1 Å². The normalized spacial score (nSPS) is 15.4. The molecule has 1 aromatic heterocycles. The van der Waals surface area contributed by atoms with Gasteiger partial charge >= 0.3 is 0 Å². The number of benzene rings is 2. The van der Waals surface area contributed by atoms with E-state index in [0.29, 0.717) is 37.2 Å². The molecule has 36 heavy (non-hydrogen) atoms. The Kier molecular flexibility index (Phi) is 8.98. The van der Waals surface area contributed by atoms with Gasteiger partial charge in [-0.25, -0.2) is 0 Å². The zero-order valence-corrected chi connectivity index (χ0v) is 22.6. The first-order valence-electron chi connectivity index (χ1n) is 12.5. The number of carbonyl (C=O) groups is 1. The first kappa shape index (κ1) is 26.2. The van der Waals surface area contributed by atoms with Gasteiger partial charge in [-0.05, 0) is 76.5 Å². The van der Waals surface area contributed by atoms with E-state index in [1.165, 1.54) is 0 Å². The molecule has 0 saturated carbocycles. The summed E-state index contributed by atoms with van der Waals surface area (Å²) in [5.74, 6) is 2.66. The predicted molar refractivity (Wildman–Crippen MR) is 141 cm³/mol. The van der Waals surface area contributed by atoms with Gasteiger partial charge in [-0.2, -0.15) is 4.98 Å². The third-order valence-corrected chi connectivity index (χ3v) is 6.79. The van der Waals surface area contributed by atoms with Gasteiger partial charge in [-0.3, -0.25) is 9.69 Å². The lowest BCUT2D eigenvalue weighted by Crippen LogP contribution is -2.40. The van der Waals surface area contributed by atoms with Crippen LogP contribution in [-0.4, -0.2) is 47.3 Å². The van der Waals surface area contributed by atoms with Crippen molar-refractivity contribution < 1.29 is 18.8 Å². The Morgan fingerprint density at radius 2 is 1.89 bits per heavy atom. The zero-order valence-electron chi connectivity index (χ0n) is 21.0. The van der Waals surface area contributed by atoms with Gasteiger partial charge in [0.2, 0.25) is 17.6 Å². The fraction of sp³-hybridized carbons (Fsp3) is 0.444. The summed E-state index contributed by atoms with van der Waals surface area (Å²) in [5.41, 5.74) is 1.90. The van der Waals surface area contributed by atoms with Crippen molar-refractivity contribution in [1.82, 2.24) is 20.4 Å². The molecule has 0 spiro atoms. The number of hydrogen-bond donors (Lipinski definition) is 1. The molecule has 0 radical (unpaired) electrons. The molecule has 4 rings (SSSR count). The lowest BCUT2D eigenvalue weighted by Gasteiger charge is -2.31. The third-order valence-electron chi connectivity index (χ3n) is 6.29. The molecule has 8 nitrogen and oxygen atoms in total. The van der Waals surface area contributed by atoms with Gasteiger partial charge in [0.1, 0.15) is 0 Å². The molecule has 192 valence electrons. The first-order valence-corrected chi connectivity index (χ1v) is 13.3. The van der Waals surface area contributed by atoms with Gasteiger partial charge in [-0.1, -0.05) is 39.3 Å². The first-order chi connectivity index (χ1) is 17.5. The van der Waals surface area contributed by atoms with Crippen molar-refractivity contribution in [2.24, 2.45) is 5.92 Å². The van der Waals surface area contributed by atoms with Crippen LogP contribution in [0.3, 0.4) is 0 Å². The number of nitrogens with zero attached hydrogens (tertiary/aromatic N) is 3. The minimum atomic E-state index is -0.125. The maximum atomic E-state index is 13.0. The van der Waals surface area contributed by atoms with Crippen molar-refractivity contribution in [2.45, 2.75) is 46.2 Å². The number of ether oxygens (including phenoxy) is 2. The molecule has 0 bridgehead atoms. The Hall–Kier alpha value is -2.91. The highest BCUT2D eigenvalue weighted by molar-refractivity contribution is 9.10. The molecule has 1 amide bonds. The van der Waals surface area contributed by atoms with Crippen molar-refractivity contribution >= 4 is 21.8 Å². The van der Waals surface area contributed by atoms with Crippen LogP contribution >= 0.6 is 15.9 Å². The number of rotatable bonds is 10. The summed E-state index contributed by atoms with van der Waals surface area (Å²) in [7, 11) is 0. The summed E-state index contributed by atoms with van der Waals surface area (Å²) in [4.78, 5) is 19.8. The molecule has 2 heterocycles. The molecule has 1 aliphatic rings. The number of nitrogens with one attached hydrogen (secondary N) is 1. The molecular formula is C27H33BrN4O4. The van der Waals surface area contributed by atoms with E-state index in [1.807, 2.05) is 63.2 Å². The average Bonchev–Trinajstić information content (AvgIpc) is 3.34. The van der Waals surface area contributed by atoms with E-state index in [1.54, 1.807) is 0 Å². The molecule has 3 aromatic rings. The highest BCUT2D eigenvalue weighted by Crippen LogP contribution is 2.31. The van der Waals surface area contributed by atoms with Gasteiger partial charge in [-0.15, -0.1) is 0 Å². The van der Waals surface area contributed by atoms with E-state index in [2.05, 4.69) is 36.3 Å². The highest BCUT2D eigenvalue weighted by Gasteiger charge is 2.27. The number of carbonyl (C=O) groups excluding carboxylic acids is 1. The molecule has 1 unspecified atom stereocenters. The number of piperidine rings is 1. The lowest BCUT2D eigenvalue weighted by molar-refractivity contribution is -0.127. The molecule has 1 aliphatic heterocycles. The Balaban J connectivity index is 1.28. The smallest absolute Gasteiger partial charge is 0.241 e. The molecule has 1 N–H and O–H groups in total. The summed E-state index contributed by atoms with van der Waals surface area (Å²) in [5, 5.41) is 7.30. The Bertz CT molecular complexity index is 1160. The van der Waals surface area contributed by atoms with E-state index < -0.39 is 0 Å². The number of likely N-dealkylation sites (tertiary alicyclic amines) is 1. The average molecular weight is 557 g/mol. The van der Waals surface area contributed by atoms with E-state index in [9.17, 15) is 4.79 Å². The number of amides is 1. The van der Waals surface area contributed by atoms with Gasteiger partial charge in [0.15, 0.2) is 11.5 Å². The fourth-order valence-corrected chi connectivity index (χ4v) is 4.76. The molecular weight excluding hydrogens is 524 g/mol. The topological polar surface area (TPSA) is 89.7 Å². The second kappa shape index (κ2) is 12.4. The maximum absolute atomic E-state index is 13.0. The Labute approximate surface area is 220 Å². The van der Waals surface area contributed by atoms with E-state index in [0.717, 1.165) is 47.3 Å². The zero-order chi connectivity index (χ0) is 25.5. The number of hydrogen-bond acceptors (Lipinski definition) is 7. The van der Waals surface area contributed by atoms with Crippen LogP contribution in [-0.2, 0) is 11.3 Å². The molecule has 2 aromatic carbocycles. The van der Waals surface area contributed by atoms with E-state index >= 15 is 0 Å². The van der Waals surface area contributed by atoms with Gasteiger partial charge in [0.25, 0.3) is 0 Å². The minimum Gasteiger partial charge on any atom is -0.490 e. The van der Waals surface area contributed by atoms with Crippen LogP contribution in [0, 0.1) is 5.92 Å². The van der Waals surface area contributed by atoms with Crippen LogP contribution in [0.2, 0.25) is 0 Å². The number of halogens is 1. The summed E-state index contributed by atoms with van der Waals surface area (Å²) >= 11 is 3.47. The molecule has 1 saturated heterocycles. The van der Waals surface area contributed by atoms with E-state index in [-0.39, 0.29) is 17.9 Å². The fourth-order valence-electron chi connectivity index (χ4n) is 4.36. The lowest BCUT2D eigenvalue weighted by atomic mass is 9.95. The predicted octanol–water partition coefficient (Wildman–Crippen LogP) is 5.39. The van der Waals surface area contributed by atoms with Crippen molar-refractivity contribution in [3.63, 3.8) is 0 Å². The quantitative estimate of drug-likeness (QED) is 0.358. The summed E-state index contributed by atoms with van der Waals surface area (Å²) in [6.45, 7) is 9.20. The summed E-state index contributed by atoms with van der Waals surface area (Å²) < 4.78 is 17.8. The second-order valence-corrected chi connectivity index (χ2v) is 9.79. The molecule has 0 aliphatic carbocycles. The van der Waals surface area contributed by atoms with Crippen molar-refractivity contribution in [3.05, 3.63) is 58.4 Å². The Morgan fingerprint density at radius 1 is 1.14 bits per heavy atom. The van der Waals surface area contributed by atoms with Gasteiger partial charge in [0, 0.05) is 16.0 Å². The van der Waals surface area contributed by atoms with Crippen LogP contribution in [0.4, 0.5) is 0 Å². The van der Waals surface area contributed by atoms with Crippen LogP contribution < -0.4 is 14.8 Å². The third kappa shape index (κ3) is 6.64. The van der Waals surface area contributed by atoms with Gasteiger partial charge in [0.05, 0.1) is 25.8 Å². The van der Waals surface area contributed by atoms with Crippen LogP contribution in [0.5, 0.6) is 11.5 Å². The standard InChI is InChI=1S/C27H33BrN4O4/c1-4-34-23-10-9-20(16-24(23)35-5-2)18(3)29-27(33)19-11-13-32(14-12-19)17-25-30-26(31-36-25)21-7-6-8-22(28)15-21/h6-10,15-16,18-19H,4-5,11-14,17H2,1-3H3,(H,29,33). The van der Waals surface area contributed by atoms with Crippen LogP contribution in [0.15, 0.2) is 51.5 Å². The molecule has 1 atom stereocenters. The molecule has 9 heteroatoms. The largest absolute Gasteiger partial charge is 0.490 e. The summed E-state index contributed by atoms with van der Waals surface area (Å²) in [6, 6.07) is 13.5.